The molecule has 18 heavy (non-hydrogen) atoms. The Bertz CT molecular complexity index is 410. The highest BCUT2D eigenvalue weighted by Crippen LogP contribution is 2.16. The average molecular weight is 271 g/mol. The van der Waals surface area contributed by atoms with E-state index in [1.165, 1.54) is 25.0 Å². The van der Waals surface area contributed by atoms with Gasteiger partial charge in [0.25, 0.3) is 0 Å². The van der Waals surface area contributed by atoms with Crippen LogP contribution in [-0.2, 0) is 0 Å². The highest BCUT2D eigenvalue weighted by atomic mass is 35.5. The van der Waals surface area contributed by atoms with Crippen LogP contribution < -0.4 is 5.32 Å². The van der Waals surface area contributed by atoms with E-state index in [4.69, 9.17) is 16.7 Å². The molecule has 0 aromatic carbocycles. The van der Waals surface area contributed by atoms with Gasteiger partial charge in [-0.25, -0.2) is 9.78 Å². The van der Waals surface area contributed by atoms with E-state index >= 15 is 0 Å². The molecule has 1 aromatic heterocycles. The Morgan fingerprint density at radius 2 is 2.22 bits per heavy atom. The van der Waals surface area contributed by atoms with E-state index in [0.717, 1.165) is 12.8 Å². The third-order valence-electron chi connectivity index (χ3n) is 2.68. The van der Waals surface area contributed by atoms with Gasteiger partial charge >= 0.3 is 5.97 Å². The van der Waals surface area contributed by atoms with Gasteiger partial charge in [-0.1, -0.05) is 37.8 Å². The summed E-state index contributed by atoms with van der Waals surface area (Å²) in [6.07, 6.45) is 4.57. The fourth-order valence-electron chi connectivity index (χ4n) is 1.72. The first kappa shape index (κ1) is 14.8. The third-order valence-corrected chi connectivity index (χ3v) is 2.87. The minimum Gasteiger partial charge on any atom is -0.478 e. The van der Waals surface area contributed by atoms with Crippen LogP contribution in [0.5, 0.6) is 0 Å². The predicted octanol–water partition coefficient (Wildman–Crippen LogP) is 3.81. The lowest BCUT2D eigenvalue weighted by Crippen LogP contribution is -2.16. The van der Waals surface area contributed by atoms with Crippen molar-refractivity contribution < 1.29 is 9.90 Å². The first-order valence-electron chi connectivity index (χ1n) is 6.20. The maximum atomic E-state index is 10.9. The first-order chi connectivity index (χ1) is 8.52. The molecule has 0 saturated heterocycles. The topological polar surface area (TPSA) is 62.2 Å². The van der Waals surface area contributed by atoms with Crippen LogP contribution in [0.4, 0.5) is 5.82 Å². The van der Waals surface area contributed by atoms with E-state index in [-0.39, 0.29) is 16.8 Å². The van der Waals surface area contributed by atoms with Gasteiger partial charge in [0.15, 0.2) is 0 Å². The molecule has 0 aliphatic rings. The minimum absolute atomic E-state index is 0.151. The van der Waals surface area contributed by atoms with Crippen LogP contribution >= 0.6 is 11.6 Å². The number of aromatic carboxylic acids is 1. The largest absolute Gasteiger partial charge is 0.478 e. The number of aromatic nitrogens is 1. The zero-order valence-corrected chi connectivity index (χ0v) is 11.5. The van der Waals surface area contributed by atoms with Crippen LogP contribution in [0.25, 0.3) is 0 Å². The molecule has 0 aliphatic heterocycles. The summed E-state index contributed by atoms with van der Waals surface area (Å²) in [7, 11) is 0. The normalized spacial score (nSPS) is 12.2. The quantitative estimate of drug-likeness (QED) is 0.584. The standard InChI is InChI=1S/C13H19ClN2O2/c1-3-4-5-6-9(2)15-12-8-10(13(17)18)7-11(14)16-12/h7-9H,3-6H2,1-2H3,(H,15,16)(H,17,18). The highest BCUT2D eigenvalue weighted by molar-refractivity contribution is 6.29. The van der Waals surface area contributed by atoms with Crippen LogP contribution in [0, 0.1) is 0 Å². The lowest BCUT2D eigenvalue weighted by atomic mass is 10.1. The molecule has 0 spiro atoms. The molecule has 0 aliphatic carbocycles. The number of pyridine rings is 1. The van der Waals surface area contributed by atoms with Gasteiger partial charge in [-0.05, 0) is 25.5 Å². The van der Waals surface area contributed by atoms with E-state index in [0.29, 0.717) is 5.82 Å². The van der Waals surface area contributed by atoms with Gasteiger partial charge in [0.1, 0.15) is 11.0 Å². The number of unbranched alkanes of at least 4 members (excludes halogenated alkanes) is 2. The monoisotopic (exact) mass is 270 g/mol. The summed E-state index contributed by atoms with van der Waals surface area (Å²) >= 11 is 5.79. The molecule has 0 saturated carbocycles. The Balaban J connectivity index is 2.63. The summed E-state index contributed by atoms with van der Waals surface area (Å²) in [5.74, 6) is -0.482. The molecule has 4 nitrogen and oxygen atoms in total. The lowest BCUT2D eigenvalue weighted by Gasteiger charge is -2.14. The van der Waals surface area contributed by atoms with Crippen molar-refractivity contribution in [2.24, 2.45) is 0 Å². The van der Waals surface area contributed by atoms with Crippen molar-refractivity contribution in [3.63, 3.8) is 0 Å². The fraction of sp³-hybridized carbons (Fsp3) is 0.538. The van der Waals surface area contributed by atoms with Crippen molar-refractivity contribution in [3.05, 3.63) is 22.8 Å². The number of anilines is 1. The minimum atomic E-state index is -0.999. The van der Waals surface area contributed by atoms with Gasteiger partial charge in [-0.3, -0.25) is 0 Å². The lowest BCUT2D eigenvalue weighted by molar-refractivity contribution is 0.0697. The zero-order valence-electron chi connectivity index (χ0n) is 10.7. The molecule has 1 atom stereocenters. The van der Waals surface area contributed by atoms with E-state index < -0.39 is 5.97 Å². The van der Waals surface area contributed by atoms with Crippen LogP contribution in [0.1, 0.15) is 49.9 Å². The number of carboxylic acid groups (broad SMARTS) is 1. The van der Waals surface area contributed by atoms with Gasteiger partial charge in [0.05, 0.1) is 5.56 Å². The number of carboxylic acids is 1. The molecular formula is C13H19ClN2O2. The number of hydrogen-bond acceptors (Lipinski definition) is 3. The highest BCUT2D eigenvalue weighted by Gasteiger charge is 2.09. The summed E-state index contributed by atoms with van der Waals surface area (Å²) in [5.41, 5.74) is 0.151. The number of rotatable bonds is 7. The Kier molecular flexibility index (Phi) is 5.92. The molecule has 5 heteroatoms. The smallest absolute Gasteiger partial charge is 0.335 e. The van der Waals surface area contributed by atoms with Gasteiger partial charge in [-0.15, -0.1) is 0 Å². The van der Waals surface area contributed by atoms with E-state index in [9.17, 15) is 4.79 Å². The zero-order chi connectivity index (χ0) is 13.5. The molecule has 1 aromatic rings. The molecule has 2 N–H and O–H groups in total. The van der Waals surface area contributed by atoms with E-state index in [2.05, 4.69) is 24.1 Å². The third kappa shape index (κ3) is 4.92. The first-order valence-corrected chi connectivity index (χ1v) is 6.58. The number of halogens is 1. The van der Waals surface area contributed by atoms with Crippen molar-refractivity contribution in [3.8, 4) is 0 Å². The van der Waals surface area contributed by atoms with Crippen molar-refractivity contribution in [2.45, 2.75) is 45.6 Å². The molecule has 1 rings (SSSR count). The van der Waals surface area contributed by atoms with Gasteiger partial charge < -0.3 is 10.4 Å². The van der Waals surface area contributed by atoms with Gasteiger partial charge in [-0.2, -0.15) is 0 Å². The predicted molar refractivity (Wildman–Crippen MR) is 73.4 cm³/mol. The molecule has 0 fully saturated rings. The van der Waals surface area contributed by atoms with Gasteiger partial charge in [0, 0.05) is 6.04 Å². The van der Waals surface area contributed by atoms with E-state index in [1.807, 2.05) is 0 Å². The number of hydrogen-bond donors (Lipinski definition) is 2. The Morgan fingerprint density at radius 1 is 1.50 bits per heavy atom. The van der Waals surface area contributed by atoms with Crippen molar-refractivity contribution in [1.29, 1.82) is 0 Å². The molecule has 0 bridgehead atoms. The fourth-order valence-corrected chi connectivity index (χ4v) is 1.93. The second-order valence-electron chi connectivity index (χ2n) is 4.41. The number of nitrogens with zero attached hydrogens (tertiary/aromatic N) is 1. The molecule has 1 unspecified atom stereocenters. The van der Waals surface area contributed by atoms with Crippen LogP contribution in [-0.4, -0.2) is 22.1 Å². The van der Waals surface area contributed by atoms with Crippen LogP contribution in [0.3, 0.4) is 0 Å². The summed E-state index contributed by atoms with van der Waals surface area (Å²) in [4.78, 5) is 15.0. The number of carbonyl (C=O) groups is 1. The van der Waals surface area contributed by atoms with Crippen LogP contribution in [0.15, 0.2) is 12.1 Å². The summed E-state index contributed by atoms with van der Waals surface area (Å²) < 4.78 is 0. The molecule has 0 radical (unpaired) electrons. The summed E-state index contributed by atoms with van der Waals surface area (Å²) in [5, 5.41) is 12.3. The molecule has 100 valence electrons. The molecule has 0 amide bonds. The summed E-state index contributed by atoms with van der Waals surface area (Å²) in [6, 6.07) is 3.10. The summed E-state index contributed by atoms with van der Waals surface area (Å²) in [6.45, 7) is 4.22. The second kappa shape index (κ2) is 7.21. The average Bonchev–Trinajstić information content (AvgIpc) is 2.28. The molecule has 1 heterocycles. The van der Waals surface area contributed by atoms with E-state index in [1.54, 1.807) is 0 Å². The van der Waals surface area contributed by atoms with Crippen molar-refractivity contribution in [1.82, 2.24) is 4.98 Å². The maximum absolute atomic E-state index is 10.9. The second-order valence-corrected chi connectivity index (χ2v) is 4.80. The Labute approximate surface area is 112 Å². The van der Waals surface area contributed by atoms with Gasteiger partial charge in [0.2, 0.25) is 0 Å². The Hall–Kier alpha value is -1.29. The van der Waals surface area contributed by atoms with Crippen molar-refractivity contribution >= 4 is 23.4 Å². The number of nitrogens with one attached hydrogen (secondary N) is 1. The Morgan fingerprint density at radius 3 is 2.83 bits per heavy atom. The van der Waals surface area contributed by atoms with Crippen LogP contribution in [0.2, 0.25) is 5.15 Å². The maximum Gasteiger partial charge on any atom is 0.335 e. The SMILES string of the molecule is CCCCCC(C)Nc1cc(C(=O)O)cc(Cl)n1. The molecular weight excluding hydrogens is 252 g/mol. The van der Waals surface area contributed by atoms with Crippen molar-refractivity contribution in [2.75, 3.05) is 5.32 Å².